The van der Waals surface area contributed by atoms with Gasteiger partial charge in [-0.2, -0.15) is 0 Å². The van der Waals surface area contributed by atoms with E-state index in [0.29, 0.717) is 32.8 Å². The van der Waals surface area contributed by atoms with Gasteiger partial charge in [-0.25, -0.2) is 28.8 Å². The molecule has 0 aliphatic rings. The summed E-state index contributed by atoms with van der Waals surface area (Å²) in [5, 5.41) is 1.27. The van der Waals surface area contributed by atoms with E-state index >= 15 is 0 Å². The van der Waals surface area contributed by atoms with Gasteiger partial charge in [-0.05, 0) is 61.0 Å². The average molecular weight is 1050 g/mol. The topological polar surface area (TPSA) is 248 Å². The molecule has 0 aliphatic heterocycles. The zero-order valence-electron chi connectivity index (χ0n) is 41.4. The lowest BCUT2D eigenvalue weighted by Gasteiger charge is -2.31. The van der Waals surface area contributed by atoms with Crippen LogP contribution in [0.1, 0.15) is 61.1 Å². The number of ketones is 3. The Morgan fingerprint density at radius 1 is 0.385 bits per heavy atom. The molecule has 0 amide bonds. The van der Waals surface area contributed by atoms with Crippen LogP contribution >= 0.6 is 0 Å². The molecule has 78 heavy (non-hydrogen) atoms. The molecule has 6 aromatic carbocycles. The third-order valence-corrected chi connectivity index (χ3v) is 12.4. The first-order valence-electron chi connectivity index (χ1n) is 24.1. The molecule has 3 aromatic heterocycles. The highest BCUT2D eigenvalue weighted by atomic mass is 16.6. The van der Waals surface area contributed by atoms with Crippen molar-refractivity contribution in [3.63, 3.8) is 0 Å². The minimum Gasteiger partial charge on any atom is -0.482 e. The molecule has 392 valence electrons. The molecule has 3 heterocycles. The summed E-state index contributed by atoms with van der Waals surface area (Å²) in [6.45, 7) is -1.55. The molecular weight excluding hydrogens is 1010 g/mol. The van der Waals surface area contributed by atoms with E-state index < -0.39 is 97.2 Å². The third kappa shape index (κ3) is 12.5. The predicted molar refractivity (Wildman–Crippen MR) is 279 cm³/mol. The minimum atomic E-state index is -1.34. The molecule has 0 N–H and O–H groups in total. The van der Waals surface area contributed by atoms with Crippen LogP contribution in [-0.4, -0.2) is 74.9 Å². The second kappa shape index (κ2) is 23.5. The number of rotatable bonds is 22. The number of hydrogen-bond acceptors (Lipinski definition) is 18. The summed E-state index contributed by atoms with van der Waals surface area (Å²) in [4.78, 5) is 117. The molecule has 18 nitrogen and oxygen atoms in total. The van der Waals surface area contributed by atoms with Crippen LogP contribution in [0.25, 0.3) is 32.9 Å². The Hall–Kier alpha value is -10.2. The fourth-order valence-corrected chi connectivity index (χ4v) is 7.94. The normalized spacial score (nSPS) is 11.2. The van der Waals surface area contributed by atoms with Crippen molar-refractivity contribution in [2.75, 3.05) is 39.6 Å². The Morgan fingerprint density at radius 3 is 0.936 bits per heavy atom. The van der Waals surface area contributed by atoms with Gasteiger partial charge in [0, 0.05) is 51.0 Å². The lowest BCUT2D eigenvalue weighted by Crippen LogP contribution is -2.40. The quantitative estimate of drug-likeness (QED) is 0.0268. The van der Waals surface area contributed by atoms with Crippen LogP contribution in [0.3, 0.4) is 0 Å². The summed E-state index contributed by atoms with van der Waals surface area (Å²) in [5.74, 6) is -3.77. The SMILES string of the molecule is CCC(COC(=O)COc1ccc2cc(C(=O)c3ccccc3)c(=O)oc2c1)(COC(=O)COc1ccc2cc(C(=O)c3ccccc3)c(=O)oc2c1)COC(=O)COc1ccc2cc(C(=O)c3ccccc3)c(=O)oc2c1. The van der Waals surface area contributed by atoms with Gasteiger partial charge in [0.2, 0.25) is 0 Å². The van der Waals surface area contributed by atoms with Crippen LogP contribution in [0.15, 0.2) is 191 Å². The van der Waals surface area contributed by atoms with Crippen molar-refractivity contribution < 1.29 is 70.4 Å². The van der Waals surface area contributed by atoms with E-state index in [1.165, 1.54) is 54.6 Å². The molecule has 0 unspecified atom stereocenters. The van der Waals surface area contributed by atoms with Gasteiger partial charge in [-0.3, -0.25) is 14.4 Å². The van der Waals surface area contributed by atoms with Crippen LogP contribution in [0.5, 0.6) is 17.2 Å². The van der Waals surface area contributed by atoms with Gasteiger partial charge in [0.1, 0.15) is 70.5 Å². The number of hydrogen-bond donors (Lipinski definition) is 0. The van der Waals surface area contributed by atoms with Gasteiger partial charge < -0.3 is 41.7 Å². The van der Waals surface area contributed by atoms with Crippen LogP contribution in [0.2, 0.25) is 0 Å². The Labute approximate surface area is 441 Å². The summed E-state index contributed by atoms with van der Waals surface area (Å²) in [7, 11) is 0. The maximum atomic E-state index is 13.2. The number of fused-ring (bicyclic) bond motifs is 3. The fraction of sp³-hybridized carbons (Fsp3) is 0.150. The number of carbonyl (C=O) groups excluding carboxylic acids is 6. The summed E-state index contributed by atoms with van der Waals surface area (Å²) in [5.41, 5.74) is -3.21. The van der Waals surface area contributed by atoms with E-state index in [2.05, 4.69) is 0 Å². The maximum absolute atomic E-state index is 13.2. The lowest BCUT2D eigenvalue weighted by atomic mass is 9.88. The van der Waals surface area contributed by atoms with Gasteiger partial charge in [0.05, 0.1) is 5.41 Å². The van der Waals surface area contributed by atoms with Gasteiger partial charge in [0.25, 0.3) is 0 Å². The van der Waals surface area contributed by atoms with Crippen molar-refractivity contribution >= 4 is 68.2 Å². The molecule has 0 atom stereocenters. The lowest BCUT2D eigenvalue weighted by molar-refractivity contribution is -0.164. The van der Waals surface area contributed by atoms with Crippen molar-refractivity contribution in [1.29, 1.82) is 0 Å². The molecule has 9 aromatic rings. The largest absolute Gasteiger partial charge is 0.482 e. The molecule has 0 aliphatic carbocycles. The Balaban J connectivity index is 0.840. The first-order chi connectivity index (χ1) is 37.7. The van der Waals surface area contributed by atoms with E-state index in [1.54, 1.807) is 116 Å². The van der Waals surface area contributed by atoms with E-state index in [9.17, 15) is 43.2 Å². The minimum absolute atomic E-state index is 0.0909. The van der Waals surface area contributed by atoms with Gasteiger partial charge >= 0.3 is 34.8 Å². The van der Waals surface area contributed by atoms with Crippen molar-refractivity contribution in [2.24, 2.45) is 5.41 Å². The van der Waals surface area contributed by atoms with Crippen molar-refractivity contribution in [3.8, 4) is 17.2 Å². The van der Waals surface area contributed by atoms with E-state index in [-0.39, 0.29) is 57.1 Å². The molecular formula is C60H44O18. The number of esters is 3. The third-order valence-electron chi connectivity index (χ3n) is 12.4. The molecule has 9 rings (SSSR count). The molecule has 18 heteroatoms. The number of ether oxygens (including phenoxy) is 6. The Morgan fingerprint density at radius 2 is 0.667 bits per heavy atom. The zero-order valence-corrected chi connectivity index (χ0v) is 41.4. The van der Waals surface area contributed by atoms with Crippen molar-refractivity contribution in [2.45, 2.75) is 13.3 Å². The molecule has 0 saturated carbocycles. The number of carbonyl (C=O) groups is 6. The van der Waals surface area contributed by atoms with Crippen LogP contribution in [0, 0.1) is 5.41 Å². The van der Waals surface area contributed by atoms with Crippen molar-refractivity contribution in [1.82, 2.24) is 0 Å². The maximum Gasteiger partial charge on any atom is 0.347 e. The molecule has 0 spiro atoms. The molecule has 0 fully saturated rings. The van der Waals surface area contributed by atoms with Crippen LogP contribution in [-0.2, 0) is 28.6 Å². The van der Waals surface area contributed by atoms with E-state index in [1.807, 2.05) is 0 Å². The Bertz CT molecular complexity index is 3530. The van der Waals surface area contributed by atoms with Gasteiger partial charge in [-0.1, -0.05) is 97.9 Å². The second-order valence-corrected chi connectivity index (χ2v) is 17.7. The predicted octanol–water partition coefficient (Wildman–Crippen LogP) is 8.26. The summed E-state index contributed by atoms with van der Waals surface area (Å²) in [6.07, 6.45) is 0.124. The molecule has 0 radical (unpaired) electrons. The monoisotopic (exact) mass is 1050 g/mol. The van der Waals surface area contributed by atoms with Crippen LogP contribution in [0.4, 0.5) is 0 Å². The second-order valence-electron chi connectivity index (χ2n) is 17.7. The summed E-state index contributed by atoms with van der Waals surface area (Å²) in [6, 6.07) is 42.2. The highest BCUT2D eigenvalue weighted by molar-refractivity contribution is 6.11. The fourth-order valence-electron chi connectivity index (χ4n) is 7.94. The number of benzene rings is 6. The highest BCUT2D eigenvalue weighted by Gasteiger charge is 2.35. The van der Waals surface area contributed by atoms with Crippen molar-refractivity contribution in [3.05, 3.63) is 228 Å². The van der Waals surface area contributed by atoms with E-state index in [0.717, 1.165) is 0 Å². The zero-order chi connectivity index (χ0) is 54.8. The van der Waals surface area contributed by atoms with Crippen LogP contribution < -0.4 is 31.1 Å². The first-order valence-corrected chi connectivity index (χ1v) is 24.1. The highest BCUT2D eigenvalue weighted by Crippen LogP contribution is 2.28. The molecule has 0 saturated heterocycles. The van der Waals surface area contributed by atoms with Gasteiger partial charge in [0.15, 0.2) is 37.2 Å². The summed E-state index contributed by atoms with van der Waals surface area (Å²) < 4.78 is 50.1. The molecule has 0 bridgehead atoms. The smallest absolute Gasteiger partial charge is 0.347 e. The van der Waals surface area contributed by atoms with E-state index in [4.69, 9.17) is 41.7 Å². The standard InChI is InChI=1S/C60H44O18/c1-2-60(33-73-51(61)30-70-42-21-18-39-24-45(57(67)76-48(39)27-42)54(64)36-12-6-3-7-13-36,34-74-52(62)31-71-43-22-19-40-25-46(58(68)77-49(40)28-43)55(65)37-14-8-4-9-15-37)35-75-53(63)32-72-44-23-20-41-26-47(59(69)78-50(41)29-44)56(66)38-16-10-5-11-17-38/h3-29H,2,30-35H2,1H3. The average Bonchev–Trinajstić information content (AvgIpc) is 3.54. The van der Waals surface area contributed by atoms with Gasteiger partial charge in [-0.15, -0.1) is 0 Å². The Kier molecular flexibility index (Phi) is 15.9. The summed E-state index contributed by atoms with van der Waals surface area (Å²) >= 11 is 0. The first kappa shape index (κ1) is 52.6.